The van der Waals surface area contributed by atoms with Gasteiger partial charge in [-0.25, -0.2) is 4.39 Å². The molecule has 0 saturated heterocycles. The minimum Gasteiger partial charge on any atom is -0.314 e. The summed E-state index contributed by atoms with van der Waals surface area (Å²) in [5.74, 6) is 0.995. The third-order valence-corrected chi connectivity index (χ3v) is 4.17. The number of halogens is 1. The summed E-state index contributed by atoms with van der Waals surface area (Å²) in [5, 5.41) is 3.53. The summed E-state index contributed by atoms with van der Waals surface area (Å²) in [6.45, 7) is 7.54. The molecule has 1 aliphatic carbocycles. The van der Waals surface area contributed by atoms with E-state index in [1.165, 1.54) is 24.0 Å². The molecule has 0 bridgehead atoms. The fourth-order valence-corrected chi connectivity index (χ4v) is 3.16. The minimum atomic E-state index is -0.107. The number of hydrogen-bond acceptors (Lipinski definition) is 1. The van der Waals surface area contributed by atoms with Crippen LogP contribution in [0.4, 0.5) is 4.39 Å². The van der Waals surface area contributed by atoms with Crippen LogP contribution in [-0.2, 0) is 0 Å². The zero-order valence-electron chi connectivity index (χ0n) is 11.0. The lowest BCUT2D eigenvalue weighted by Gasteiger charge is -2.23. The lowest BCUT2D eigenvalue weighted by atomic mass is 9.86. The van der Waals surface area contributed by atoms with Gasteiger partial charge in [0.25, 0.3) is 0 Å². The normalized spacial score (nSPS) is 28.6. The largest absolute Gasteiger partial charge is 0.314 e. The average molecular weight is 235 g/mol. The van der Waals surface area contributed by atoms with Gasteiger partial charge in [0.15, 0.2) is 0 Å². The maximum Gasteiger partial charge on any atom is 0.123 e. The highest BCUT2D eigenvalue weighted by molar-refractivity contribution is 5.31. The zero-order valence-corrected chi connectivity index (χ0v) is 11.0. The van der Waals surface area contributed by atoms with Gasteiger partial charge >= 0.3 is 0 Å². The summed E-state index contributed by atoms with van der Waals surface area (Å²) in [6, 6.07) is 5.77. The van der Waals surface area contributed by atoms with Crippen LogP contribution >= 0.6 is 0 Å². The van der Waals surface area contributed by atoms with Crippen molar-refractivity contribution in [3.8, 4) is 0 Å². The smallest absolute Gasteiger partial charge is 0.123 e. The molecule has 1 aromatic rings. The molecule has 0 heterocycles. The van der Waals surface area contributed by atoms with Crippen molar-refractivity contribution in [2.75, 3.05) is 6.54 Å². The molecule has 0 aromatic heterocycles. The maximum absolute atomic E-state index is 13.4. The number of nitrogens with one attached hydrogen (secondary N) is 1. The van der Waals surface area contributed by atoms with Crippen LogP contribution in [0.5, 0.6) is 0 Å². The fourth-order valence-electron chi connectivity index (χ4n) is 3.16. The Morgan fingerprint density at radius 1 is 1.35 bits per heavy atom. The van der Waals surface area contributed by atoms with E-state index in [4.69, 9.17) is 0 Å². The van der Waals surface area contributed by atoms with E-state index < -0.39 is 0 Å². The van der Waals surface area contributed by atoms with Crippen molar-refractivity contribution in [1.82, 2.24) is 5.32 Å². The molecule has 1 aromatic carbocycles. The molecule has 94 valence electrons. The van der Waals surface area contributed by atoms with Crippen LogP contribution in [0.15, 0.2) is 18.2 Å². The fraction of sp³-hybridized carbons (Fsp3) is 0.600. The van der Waals surface area contributed by atoms with Gasteiger partial charge in [-0.05, 0) is 61.4 Å². The summed E-state index contributed by atoms with van der Waals surface area (Å²) < 4.78 is 13.4. The quantitative estimate of drug-likeness (QED) is 0.843. The number of aryl methyl sites for hydroxylation is 1. The molecule has 0 amide bonds. The van der Waals surface area contributed by atoms with Gasteiger partial charge in [-0.1, -0.05) is 19.9 Å². The van der Waals surface area contributed by atoms with Crippen molar-refractivity contribution < 1.29 is 4.39 Å². The van der Waals surface area contributed by atoms with Crippen LogP contribution in [-0.4, -0.2) is 12.6 Å². The number of rotatable bonds is 3. The lowest BCUT2D eigenvalue weighted by molar-refractivity contribution is 0.410. The van der Waals surface area contributed by atoms with E-state index >= 15 is 0 Å². The van der Waals surface area contributed by atoms with Crippen molar-refractivity contribution in [2.24, 2.45) is 5.92 Å². The average Bonchev–Trinajstić information content (AvgIpc) is 2.65. The number of hydrogen-bond donors (Lipinski definition) is 1. The summed E-state index contributed by atoms with van der Waals surface area (Å²) in [6.07, 6.45) is 2.37. The Bertz CT molecular complexity index is 389. The Hall–Kier alpha value is -0.890. The van der Waals surface area contributed by atoms with Crippen molar-refractivity contribution >= 4 is 0 Å². The molecule has 0 spiro atoms. The van der Waals surface area contributed by atoms with Crippen molar-refractivity contribution in [2.45, 2.75) is 45.6 Å². The Morgan fingerprint density at radius 3 is 2.82 bits per heavy atom. The molecule has 2 rings (SSSR count). The number of benzene rings is 1. The Kier molecular flexibility index (Phi) is 3.82. The van der Waals surface area contributed by atoms with E-state index in [9.17, 15) is 4.39 Å². The highest BCUT2D eigenvalue weighted by Crippen LogP contribution is 2.40. The van der Waals surface area contributed by atoms with E-state index in [0.717, 1.165) is 6.54 Å². The van der Waals surface area contributed by atoms with E-state index in [-0.39, 0.29) is 5.82 Å². The van der Waals surface area contributed by atoms with Crippen molar-refractivity contribution in [1.29, 1.82) is 0 Å². The van der Waals surface area contributed by atoms with E-state index in [1.807, 2.05) is 6.07 Å². The summed E-state index contributed by atoms with van der Waals surface area (Å²) in [7, 11) is 0. The predicted molar refractivity (Wildman–Crippen MR) is 69.7 cm³/mol. The topological polar surface area (TPSA) is 12.0 Å². The Morgan fingerprint density at radius 2 is 2.12 bits per heavy atom. The molecule has 3 unspecified atom stereocenters. The van der Waals surface area contributed by atoms with Crippen molar-refractivity contribution in [3.05, 3.63) is 35.1 Å². The second kappa shape index (κ2) is 5.18. The Balaban J connectivity index is 2.20. The standard InChI is InChI=1S/C15H22FN/c1-4-17-15-8-7-13(11(15)3)14-9-12(16)6-5-10(14)2/h5-6,9,11,13,15,17H,4,7-8H2,1-3H3. The molecular weight excluding hydrogens is 213 g/mol. The van der Waals surface area contributed by atoms with Crippen LogP contribution in [0, 0.1) is 18.7 Å². The molecule has 1 aliphatic rings. The minimum absolute atomic E-state index is 0.107. The van der Waals surface area contributed by atoms with Gasteiger partial charge in [-0.2, -0.15) is 0 Å². The third kappa shape index (κ3) is 2.52. The molecular formula is C15H22FN. The van der Waals surface area contributed by atoms with Crippen molar-refractivity contribution in [3.63, 3.8) is 0 Å². The van der Waals surface area contributed by atoms with E-state index in [1.54, 1.807) is 12.1 Å². The first-order chi connectivity index (χ1) is 8.13. The van der Waals surface area contributed by atoms with E-state index in [2.05, 4.69) is 26.1 Å². The second-order valence-electron chi connectivity index (χ2n) is 5.21. The molecule has 1 fully saturated rings. The first kappa shape index (κ1) is 12.6. The van der Waals surface area contributed by atoms with Crippen LogP contribution in [0.1, 0.15) is 43.7 Å². The molecule has 1 nitrogen and oxygen atoms in total. The van der Waals surface area contributed by atoms with Gasteiger partial charge in [0.1, 0.15) is 5.82 Å². The predicted octanol–water partition coefficient (Wildman–Crippen LogP) is 3.63. The third-order valence-electron chi connectivity index (χ3n) is 4.17. The van der Waals surface area contributed by atoms with Gasteiger partial charge in [-0.3, -0.25) is 0 Å². The Labute approximate surface area is 103 Å². The summed E-state index contributed by atoms with van der Waals surface area (Å²) in [4.78, 5) is 0. The second-order valence-corrected chi connectivity index (χ2v) is 5.21. The molecule has 3 atom stereocenters. The molecule has 1 saturated carbocycles. The first-order valence-corrected chi connectivity index (χ1v) is 6.63. The molecule has 2 heteroatoms. The molecule has 0 radical (unpaired) electrons. The van der Waals surface area contributed by atoms with Gasteiger partial charge in [0.05, 0.1) is 0 Å². The van der Waals surface area contributed by atoms with Crippen LogP contribution < -0.4 is 5.32 Å². The maximum atomic E-state index is 13.4. The van der Waals surface area contributed by atoms with E-state index in [0.29, 0.717) is 17.9 Å². The summed E-state index contributed by atoms with van der Waals surface area (Å²) in [5.41, 5.74) is 2.43. The zero-order chi connectivity index (χ0) is 12.4. The monoisotopic (exact) mass is 235 g/mol. The van der Waals surface area contributed by atoms with Gasteiger partial charge in [0, 0.05) is 6.04 Å². The molecule has 0 aliphatic heterocycles. The molecule has 17 heavy (non-hydrogen) atoms. The SMILES string of the molecule is CCNC1CCC(c2cc(F)ccc2C)C1C. The van der Waals surface area contributed by atoms with Crippen LogP contribution in [0.2, 0.25) is 0 Å². The summed E-state index contributed by atoms with van der Waals surface area (Å²) >= 11 is 0. The lowest BCUT2D eigenvalue weighted by Crippen LogP contribution is -2.32. The first-order valence-electron chi connectivity index (χ1n) is 6.63. The van der Waals surface area contributed by atoms with Gasteiger partial charge in [-0.15, -0.1) is 0 Å². The van der Waals surface area contributed by atoms with Gasteiger partial charge < -0.3 is 5.32 Å². The highest BCUT2D eigenvalue weighted by Gasteiger charge is 2.33. The van der Waals surface area contributed by atoms with Crippen LogP contribution in [0.3, 0.4) is 0 Å². The highest BCUT2D eigenvalue weighted by atomic mass is 19.1. The molecule has 1 N–H and O–H groups in total. The van der Waals surface area contributed by atoms with Crippen LogP contribution in [0.25, 0.3) is 0 Å². The van der Waals surface area contributed by atoms with Gasteiger partial charge in [0.2, 0.25) is 0 Å².